The van der Waals surface area contributed by atoms with E-state index in [-0.39, 0.29) is 11.3 Å². The molecule has 0 radical (unpaired) electrons. The Balaban J connectivity index is 2.23. The molecule has 0 amide bonds. The minimum Gasteiger partial charge on any atom is -0.478 e. The van der Waals surface area contributed by atoms with Crippen molar-refractivity contribution in [3.63, 3.8) is 0 Å². The number of hydrogen-bond acceptors (Lipinski definition) is 3. The predicted octanol–water partition coefficient (Wildman–Crippen LogP) is 2.40. The van der Waals surface area contributed by atoms with Crippen LogP contribution in [0.15, 0.2) is 47.5 Å². The SMILES string of the molecule is Cc1cccnc1CS(=O)c1cccc(C(=O)O)c1. The van der Waals surface area contributed by atoms with Gasteiger partial charge in [-0.1, -0.05) is 12.1 Å². The first-order valence-corrected chi connectivity index (χ1v) is 7.02. The van der Waals surface area contributed by atoms with Crippen molar-refractivity contribution in [2.45, 2.75) is 17.6 Å². The van der Waals surface area contributed by atoms with Crippen LogP contribution in [0.5, 0.6) is 0 Å². The Labute approximate surface area is 113 Å². The zero-order chi connectivity index (χ0) is 13.8. The summed E-state index contributed by atoms with van der Waals surface area (Å²) in [5, 5.41) is 8.91. The lowest BCUT2D eigenvalue weighted by molar-refractivity contribution is 0.0696. The van der Waals surface area contributed by atoms with E-state index in [9.17, 15) is 9.00 Å². The normalized spacial score (nSPS) is 12.1. The van der Waals surface area contributed by atoms with Gasteiger partial charge in [0.25, 0.3) is 0 Å². The maximum atomic E-state index is 12.2. The van der Waals surface area contributed by atoms with Crippen molar-refractivity contribution in [2.75, 3.05) is 0 Å². The molecule has 2 aromatic rings. The molecule has 1 aromatic heterocycles. The van der Waals surface area contributed by atoms with E-state index in [1.165, 1.54) is 12.1 Å². The molecule has 5 heteroatoms. The topological polar surface area (TPSA) is 67.3 Å². The van der Waals surface area contributed by atoms with E-state index in [1.54, 1.807) is 18.3 Å². The number of carboxylic acids is 1. The van der Waals surface area contributed by atoms with Gasteiger partial charge in [-0.2, -0.15) is 0 Å². The maximum Gasteiger partial charge on any atom is 0.335 e. The monoisotopic (exact) mass is 275 g/mol. The summed E-state index contributed by atoms with van der Waals surface area (Å²) >= 11 is 0. The lowest BCUT2D eigenvalue weighted by atomic mass is 10.2. The van der Waals surface area contributed by atoms with Crippen molar-refractivity contribution in [1.29, 1.82) is 0 Å². The minimum absolute atomic E-state index is 0.142. The first-order valence-electron chi connectivity index (χ1n) is 5.70. The summed E-state index contributed by atoms with van der Waals surface area (Å²) in [5.41, 5.74) is 1.88. The molecule has 2 rings (SSSR count). The molecule has 1 atom stereocenters. The summed E-state index contributed by atoms with van der Waals surface area (Å²) < 4.78 is 12.2. The fourth-order valence-electron chi connectivity index (χ4n) is 1.65. The molecule has 4 nitrogen and oxygen atoms in total. The Hall–Kier alpha value is -2.01. The number of aromatic carboxylic acids is 1. The molecule has 1 heterocycles. The smallest absolute Gasteiger partial charge is 0.335 e. The van der Waals surface area contributed by atoms with Gasteiger partial charge < -0.3 is 5.11 Å². The van der Waals surface area contributed by atoms with Crippen molar-refractivity contribution in [3.8, 4) is 0 Å². The van der Waals surface area contributed by atoms with Gasteiger partial charge in [0.15, 0.2) is 0 Å². The summed E-state index contributed by atoms with van der Waals surface area (Å²) in [6.45, 7) is 1.91. The highest BCUT2D eigenvalue weighted by molar-refractivity contribution is 7.84. The molecule has 0 fully saturated rings. The first-order chi connectivity index (χ1) is 9.08. The average Bonchev–Trinajstić information content (AvgIpc) is 2.41. The van der Waals surface area contributed by atoms with Crippen LogP contribution >= 0.6 is 0 Å². The molecule has 0 saturated heterocycles. The third-order valence-corrected chi connectivity index (χ3v) is 4.04. The standard InChI is InChI=1S/C14H13NO3S/c1-10-4-3-7-15-13(10)9-19(18)12-6-2-5-11(8-12)14(16)17/h2-8H,9H2,1H3,(H,16,17). The Morgan fingerprint density at radius 2 is 2.11 bits per heavy atom. The van der Waals surface area contributed by atoms with Gasteiger partial charge >= 0.3 is 5.97 Å². The van der Waals surface area contributed by atoms with Crippen LogP contribution in [-0.4, -0.2) is 20.3 Å². The number of benzene rings is 1. The number of rotatable bonds is 4. The average molecular weight is 275 g/mol. The van der Waals surface area contributed by atoms with Crippen molar-refractivity contribution < 1.29 is 14.1 Å². The second-order valence-corrected chi connectivity index (χ2v) is 5.54. The zero-order valence-electron chi connectivity index (χ0n) is 10.4. The third kappa shape index (κ3) is 3.26. The number of carbonyl (C=O) groups is 1. The maximum absolute atomic E-state index is 12.2. The van der Waals surface area contributed by atoms with Crippen LogP contribution in [0.25, 0.3) is 0 Å². The summed E-state index contributed by atoms with van der Waals surface area (Å²) in [4.78, 5) is 15.6. The van der Waals surface area contributed by atoms with Crippen molar-refractivity contribution in [3.05, 3.63) is 59.4 Å². The fourth-order valence-corrected chi connectivity index (χ4v) is 2.85. The van der Waals surface area contributed by atoms with Gasteiger partial charge in [-0.15, -0.1) is 0 Å². The molecule has 98 valence electrons. The largest absolute Gasteiger partial charge is 0.478 e. The van der Waals surface area contributed by atoms with Gasteiger partial charge in [0, 0.05) is 11.1 Å². The van der Waals surface area contributed by atoms with E-state index in [2.05, 4.69) is 4.98 Å². The van der Waals surface area contributed by atoms with E-state index in [1.807, 2.05) is 19.1 Å². The lowest BCUT2D eigenvalue weighted by Gasteiger charge is -2.05. The van der Waals surface area contributed by atoms with Crippen LogP contribution in [0.1, 0.15) is 21.6 Å². The summed E-state index contributed by atoms with van der Waals surface area (Å²) in [7, 11) is -1.30. The Morgan fingerprint density at radius 3 is 2.79 bits per heavy atom. The van der Waals surface area contributed by atoms with Crippen LogP contribution < -0.4 is 0 Å². The Kier molecular flexibility index (Phi) is 4.06. The van der Waals surface area contributed by atoms with Crippen molar-refractivity contribution in [1.82, 2.24) is 4.98 Å². The first kappa shape index (κ1) is 13.4. The van der Waals surface area contributed by atoms with Crippen molar-refractivity contribution >= 4 is 16.8 Å². The van der Waals surface area contributed by atoms with Crippen LogP contribution in [0, 0.1) is 6.92 Å². The number of carboxylic acid groups (broad SMARTS) is 1. The fraction of sp³-hybridized carbons (Fsp3) is 0.143. The van der Waals surface area contributed by atoms with Crippen LogP contribution in [-0.2, 0) is 16.6 Å². The van der Waals surface area contributed by atoms with E-state index < -0.39 is 16.8 Å². The third-order valence-electron chi connectivity index (χ3n) is 2.73. The summed E-state index contributed by atoms with van der Waals surface area (Å²) in [6.07, 6.45) is 1.66. The van der Waals surface area contributed by atoms with Gasteiger partial charge in [0.05, 0.1) is 27.8 Å². The number of aromatic nitrogens is 1. The Morgan fingerprint density at radius 1 is 1.32 bits per heavy atom. The summed E-state index contributed by atoms with van der Waals surface area (Å²) in [6, 6.07) is 9.93. The van der Waals surface area contributed by atoms with E-state index >= 15 is 0 Å². The molecule has 1 aromatic carbocycles. The molecular weight excluding hydrogens is 262 g/mol. The highest BCUT2D eigenvalue weighted by atomic mass is 32.2. The van der Waals surface area contributed by atoms with Crippen LogP contribution in [0.3, 0.4) is 0 Å². The van der Waals surface area contributed by atoms with Gasteiger partial charge in [-0.25, -0.2) is 4.79 Å². The molecular formula is C14H13NO3S. The molecule has 1 N–H and O–H groups in total. The van der Waals surface area contributed by atoms with E-state index in [0.717, 1.165) is 11.3 Å². The molecule has 0 aliphatic carbocycles. The predicted molar refractivity (Wildman–Crippen MR) is 72.5 cm³/mol. The lowest BCUT2D eigenvalue weighted by Crippen LogP contribution is -2.03. The zero-order valence-corrected chi connectivity index (χ0v) is 11.2. The quantitative estimate of drug-likeness (QED) is 0.930. The van der Waals surface area contributed by atoms with Gasteiger partial charge in [0.2, 0.25) is 0 Å². The molecule has 0 bridgehead atoms. The minimum atomic E-state index is -1.30. The molecule has 1 unspecified atom stereocenters. The highest BCUT2D eigenvalue weighted by Crippen LogP contribution is 2.15. The van der Waals surface area contributed by atoms with E-state index in [0.29, 0.717) is 4.90 Å². The van der Waals surface area contributed by atoms with Gasteiger partial charge in [-0.3, -0.25) is 9.19 Å². The van der Waals surface area contributed by atoms with E-state index in [4.69, 9.17) is 5.11 Å². The highest BCUT2D eigenvalue weighted by Gasteiger charge is 2.10. The summed E-state index contributed by atoms with van der Waals surface area (Å²) in [5.74, 6) is -0.733. The molecule has 0 saturated carbocycles. The number of aryl methyl sites for hydroxylation is 1. The van der Waals surface area contributed by atoms with Crippen LogP contribution in [0.4, 0.5) is 0 Å². The van der Waals surface area contributed by atoms with Crippen LogP contribution in [0.2, 0.25) is 0 Å². The van der Waals surface area contributed by atoms with Gasteiger partial charge in [0.1, 0.15) is 0 Å². The second kappa shape index (κ2) is 5.75. The molecule has 0 aliphatic rings. The molecule has 0 spiro atoms. The second-order valence-electron chi connectivity index (χ2n) is 4.09. The molecule has 19 heavy (non-hydrogen) atoms. The van der Waals surface area contributed by atoms with Gasteiger partial charge in [-0.05, 0) is 36.8 Å². The Bertz CT molecular complexity index is 640. The number of nitrogens with zero attached hydrogens (tertiary/aromatic N) is 1. The van der Waals surface area contributed by atoms with Crippen molar-refractivity contribution in [2.24, 2.45) is 0 Å². The number of hydrogen-bond donors (Lipinski definition) is 1. The number of pyridine rings is 1. The molecule has 0 aliphatic heterocycles.